The SMILES string of the molecule is C[C@H](CN)n1c(=O)oc2ccccc21. The second kappa shape index (κ2) is 3.31. The van der Waals surface area contributed by atoms with Gasteiger partial charge in [-0.2, -0.15) is 0 Å². The van der Waals surface area contributed by atoms with E-state index in [9.17, 15) is 4.79 Å². The number of nitrogens with zero attached hydrogens (tertiary/aromatic N) is 1. The van der Waals surface area contributed by atoms with Gasteiger partial charge < -0.3 is 10.2 Å². The van der Waals surface area contributed by atoms with Crippen molar-refractivity contribution in [3.05, 3.63) is 34.8 Å². The van der Waals surface area contributed by atoms with Gasteiger partial charge in [-0.05, 0) is 19.1 Å². The Kier molecular flexibility index (Phi) is 2.13. The average molecular weight is 192 g/mol. The van der Waals surface area contributed by atoms with Gasteiger partial charge in [-0.25, -0.2) is 4.79 Å². The molecule has 0 radical (unpaired) electrons. The van der Waals surface area contributed by atoms with Crippen LogP contribution in [0.25, 0.3) is 11.1 Å². The number of hydrogen-bond donors (Lipinski definition) is 1. The molecule has 0 amide bonds. The normalized spacial score (nSPS) is 13.3. The van der Waals surface area contributed by atoms with Crippen LogP contribution in [0, 0.1) is 0 Å². The van der Waals surface area contributed by atoms with Gasteiger partial charge in [-0.1, -0.05) is 12.1 Å². The number of oxazole rings is 1. The zero-order valence-electron chi connectivity index (χ0n) is 7.93. The number of para-hydroxylation sites is 2. The summed E-state index contributed by atoms with van der Waals surface area (Å²) in [7, 11) is 0. The molecule has 1 atom stereocenters. The summed E-state index contributed by atoms with van der Waals surface area (Å²) in [6.07, 6.45) is 0. The van der Waals surface area contributed by atoms with E-state index in [0.717, 1.165) is 5.52 Å². The molecule has 0 saturated heterocycles. The molecule has 2 rings (SSSR count). The summed E-state index contributed by atoms with van der Waals surface area (Å²) >= 11 is 0. The minimum atomic E-state index is -0.343. The molecule has 0 unspecified atom stereocenters. The Morgan fingerprint density at radius 3 is 2.93 bits per heavy atom. The van der Waals surface area contributed by atoms with Crippen molar-refractivity contribution in [1.29, 1.82) is 0 Å². The topological polar surface area (TPSA) is 61.2 Å². The van der Waals surface area contributed by atoms with Crippen LogP contribution in [0.15, 0.2) is 33.5 Å². The fourth-order valence-electron chi connectivity index (χ4n) is 1.51. The van der Waals surface area contributed by atoms with Crippen LogP contribution < -0.4 is 11.5 Å². The monoisotopic (exact) mass is 192 g/mol. The average Bonchev–Trinajstić information content (AvgIpc) is 2.53. The number of fused-ring (bicyclic) bond motifs is 1. The number of aromatic nitrogens is 1. The van der Waals surface area contributed by atoms with Gasteiger partial charge in [-0.3, -0.25) is 4.57 Å². The van der Waals surface area contributed by atoms with Crippen LogP contribution in [0.2, 0.25) is 0 Å². The van der Waals surface area contributed by atoms with E-state index in [0.29, 0.717) is 12.1 Å². The Bertz CT molecular complexity index is 498. The molecule has 0 aliphatic carbocycles. The van der Waals surface area contributed by atoms with Crippen LogP contribution in [0.3, 0.4) is 0 Å². The van der Waals surface area contributed by atoms with Crippen LogP contribution in [-0.4, -0.2) is 11.1 Å². The maximum absolute atomic E-state index is 11.5. The van der Waals surface area contributed by atoms with Crippen molar-refractivity contribution >= 4 is 11.1 Å². The van der Waals surface area contributed by atoms with Crippen molar-refractivity contribution in [3.63, 3.8) is 0 Å². The molecular weight excluding hydrogens is 180 g/mol. The molecule has 2 aromatic rings. The zero-order valence-corrected chi connectivity index (χ0v) is 7.93. The highest BCUT2D eigenvalue weighted by atomic mass is 16.4. The Morgan fingerprint density at radius 1 is 1.50 bits per heavy atom. The quantitative estimate of drug-likeness (QED) is 0.775. The van der Waals surface area contributed by atoms with Crippen molar-refractivity contribution in [2.45, 2.75) is 13.0 Å². The van der Waals surface area contributed by atoms with Gasteiger partial charge in [0.15, 0.2) is 5.58 Å². The molecule has 0 aliphatic heterocycles. The first-order valence-electron chi connectivity index (χ1n) is 4.54. The number of rotatable bonds is 2. The summed E-state index contributed by atoms with van der Waals surface area (Å²) in [5.74, 6) is -0.343. The van der Waals surface area contributed by atoms with Gasteiger partial charge in [0, 0.05) is 12.6 Å². The van der Waals surface area contributed by atoms with Crippen molar-refractivity contribution in [3.8, 4) is 0 Å². The Labute approximate surface area is 80.9 Å². The van der Waals surface area contributed by atoms with Crippen LogP contribution in [0.5, 0.6) is 0 Å². The third kappa shape index (κ3) is 1.24. The molecule has 14 heavy (non-hydrogen) atoms. The van der Waals surface area contributed by atoms with Crippen LogP contribution in [-0.2, 0) is 0 Å². The predicted molar refractivity (Wildman–Crippen MR) is 54.2 cm³/mol. The van der Waals surface area contributed by atoms with Crippen molar-refractivity contribution in [2.24, 2.45) is 5.73 Å². The first-order valence-corrected chi connectivity index (χ1v) is 4.54. The second-order valence-electron chi connectivity index (χ2n) is 3.29. The van der Waals surface area contributed by atoms with Crippen LogP contribution in [0.1, 0.15) is 13.0 Å². The van der Waals surface area contributed by atoms with E-state index in [-0.39, 0.29) is 11.8 Å². The molecular formula is C10H12N2O2. The lowest BCUT2D eigenvalue weighted by Gasteiger charge is -2.08. The molecule has 1 aromatic carbocycles. The molecule has 0 aliphatic rings. The molecule has 0 spiro atoms. The maximum atomic E-state index is 11.5. The van der Waals surface area contributed by atoms with Crippen molar-refractivity contribution in [1.82, 2.24) is 4.57 Å². The van der Waals surface area contributed by atoms with E-state index < -0.39 is 0 Å². The summed E-state index contributed by atoms with van der Waals surface area (Å²) in [6.45, 7) is 2.31. The van der Waals surface area contributed by atoms with E-state index in [1.165, 1.54) is 0 Å². The van der Waals surface area contributed by atoms with Crippen molar-refractivity contribution < 1.29 is 4.42 Å². The van der Waals surface area contributed by atoms with Crippen LogP contribution >= 0.6 is 0 Å². The highest BCUT2D eigenvalue weighted by Crippen LogP contribution is 2.15. The van der Waals surface area contributed by atoms with E-state index >= 15 is 0 Å². The highest BCUT2D eigenvalue weighted by molar-refractivity contribution is 5.72. The summed E-state index contributed by atoms with van der Waals surface area (Å²) in [5, 5.41) is 0. The fraction of sp³-hybridized carbons (Fsp3) is 0.300. The highest BCUT2D eigenvalue weighted by Gasteiger charge is 2.12. The first-order chi connectivity index (χ1) is 6.74. The van der Waals surface area contributed by atoms with E-state index in [4.69, 9.17) is 10.2 Å². The number of hydrogen-bond acceptors (Lipinski definition) is 3. The first kappa shape index (κ1) is 9.02. The number of nitrogens with two attached hydrogens (primary N) is 1. The fourth-order valence-corrected chi connectivity index (χ4v) is 1.51. The standard InChI is InChI=1S/C10H12N2O2/c1-7(6-11)12-8-4-2-3-5-9(8)14-10(12)13/h2-5,7H,6,11H2,1H3/t7-/m1/s1. The number of benzene rings is 1. The van der Waals surface area contributed by atoms with E-state index in [1.807, 2.05) is 25.1 Å². The Hall–Kier alpha value is -1.55. The lowest BCUT2D eigenvalue weighted by atomic mass is 10.3. The minimum absolute atomic E-state index is 0.0360. The third-order valence-corrected chi connectivity index (χ3v) is 2.30. The lowest BCUT2D eigenvalue weighted by molar-refractivity contribution is 0.464. The van der Waals surface area contributed by atoms with Gasteiger partial charge >= 0.3 is 5.76 Å². The van der Waals surface area contributed by atoms with E-state index in [2.05, 4.69) is 0 Å². The van der Waals surface area contributed by atoms with Gasteiger partial charge in [0.2, 0.25) is 0 Å². The zero-order chi connectivity index (χ0) is 10.1. The maximum Gasteiger partial charge on any atom is 0.420 e. The van der Waals surface area contributed by atoms with Gasteiger partial charge in [0.25, 0.3) is 0 Å². The molecule has 2 N–H and O–H groups in total. The van der Waals surface area contributed by atoms with Gasteiger partial charge in [0.05, 0.1) is 5.52 Å². The molecule has 4 heteroatoms. The van der Waals surface area contributed by atoms with Crippen LogP contribution in [0.4, 0.5) is 0 Å². The summed E-state index contributed by atoms with van der Waals surface area (Å²) in [6, 6.07) is 7.30. The van der Waals surface area contributed by atoms with Gasteiger partial charge in [0.1, 0.15) is 0 Å². The largest absolute Gasteiger partial charge is 0.420 e. The molecule has 74 valence electrons. The van der Waals surface area contributed by atoms with Gasteiger partial charge in [-0.15, -0.1) is 0 Å². The lowest BCUT2D eigenvalue weighted by Crippen LogP contribution is -2.24. The molecule has 0 bridgehead atoms. The summed E-state index contributed by atoms with van der Waals surface area (Å²) < 4.78 is 6.65. The van der Waals surface area contributed by atoms with Crippen molar-refractivity contribution in [2.75, 3.05) is 6.54 Å². The Balaban J connectivity index is 2.74. The van der Waals surface area contributed by atoms with E-state index in [1.54, 1.807) is 10.6 Å². The minimum Gasteiger partial charge on any atom is -0.408 e. The predicted octanol–water partition coefficient (Wildman–Crippen LogP) is 1.11. The molecule has 0 saturated carbocycles. The molecule has 1 heterocycles. The molecule has 0 fully saturated rings. The second-order valence-corrected chi connectivity index (χ2v) is 3.29. The summed E-state index contributed by atoms with van der Waals surface area (Å²) in [5.41, 5.74) is 6.93. The molecule has 4 nitrogen and oxygen atoms in total. The summed E-state index contributed by atoms with van der Waals surface area (Å²) in [4.78, 5) is 11.5. The molecule has 1 aromatic heterocycles. The third-order valence-electron chi connectivity index (χ3n) is 2.30. The smallest absolute Gasteiger partial charge is 0.408 e. The Morgan fingerprint density at radius 2 is 2.21 bits per heavy atom.